The smallest absolute Gasteiger partial charge is 0.229 e. The topological polar surface area (TPSA) is 99.6 Å². The minimum Gasteiger partial charge on any atom is -0.380 e. The summed E-state index contributed by atoms with van der Waals surface area (Å²) in [6.07, 6.45) is 6.88. The molecule has 0 unspecified atom stereocenters. The summed E-state index contributed by atoms with van der Waals surface area (Å²) in [5.74, 6) is -0.493. The summed E-state index contributed by atoms with van der Waals surface area (Å²) in [6, 6.07) is 7.72. The fraction of sp³-hybridized carbons (Fsp3) is 0.370. The van der Waals surface area contributed by atoms with Gasteiger partial charge >= 0.3 is 0 Å². The summed E-state index contributed by atoms with van der Waals surface area (Å²) in [4.78, 5) is 8.76. The third kappa shape index (κ3) is 4.92. The van der Waals surface area contributed by atoms with E-state index in [1.165, 1.54) is 23.8 Å². The molecule has 3 aromatic heterocycles. The molecule has 37 heavy (non-hydrogen) atoms. The molecule has 3 N–H and O–H groups in total. The van der Waals surface area contributed by atoms with Crippen LogP contribution in [0.5, 0.6) is 0 Å². The van der Waals surface area contributed by atoms with Gasteiger partial charge in [0.25, 0.3) is 0 Å². The average molecular weight is 509 g/mol. The molecule has 4 atom stereocenters. The lowest BCUT2D eigenvalue weighted by atomic mass is 9.74. The summed E-state index contributed by atoms with van der Waals surface area (Å²) in [5.41, 5.74) is 9.31. The molecule has 0 spiro atoms. The monoisotopic (exact) mass is 508 g/mol. The van der Waals surface area contributed by atoms with Crippen LogP contribution in [0.25, 0.3) is 16.8 Å². The number of imidazole rings is 1. The Morgan fingerprint density at radius 3 is 2.59 bits per heavy atom. The first-order chi connectivity index (χ1) is 17.9. The number of anilines is 2. The fourth-order valence-corrected chi connectivity index (χ4v) is 5.43. The summed E-state index contributed by atoms with van der Waals surface area (Å²) in [5, 5.41) is 7.84. The van der Waals surface area contributed by atoms with Crippen LogP contribution < -0.4 is 11.1 Å². The minimum atomic E-state index is -0.708. The number of nitrogens with two attached hydrogens (primary N) is 1. The number of nitrogens with one attached hydrogen (secondary N) is 1. The highest BCUT2D eigenvalue weighted by atomic mass is 19.1. The molecule has 4 aromatic rings. The van der Waals surface area contributed by atoms with Gasteiger partial charge in [0.2, 0.25) is 5.95 Å². The highest BCUT2D eigenvalue weighted by Gasteiger charge is 2.35. The van der Waals surface area contributed by atoms with Crippen molar-refractivity contribution in [2.45, 2.75) is 44.4 Å². The van der Waals surface area contributed by atoms with Crippen molar-refractivity contribution in [3.63, 3.8) is 0 Å². The predicted octanol–water partition coefficient (Wildman–Crippen LogP) is 4.82. The maximum atomic E-state index is 14.9. The Morgan fingerprint density at radius 1 is 1.11 bits per heavy atom. The standard InChI is InChI=1S/C27H30F2N6O2/c1-15-8-17(11-22(30)26(15)37-3)19-6-7-31-13-24(19)33-27-32-12-18-4-5-23(34-35(18)27)25-20(28)9-16(14-36-2)10-21(25)29/h4-7,9-10,12-13,15,17,22,26H,8,11,14,30H2,1-3H3,(H,32,33)/t15-,17+,22+,26-/m0/s1. The van der Waals surface area contributed by atoms with Crippen LogP contribution in [0, 0.1) is 17.6 Å². The molecule has 1 saturated carbocycles. The van der Waals surface area contributed by atoms with Crippen molar-refractivity contribution in [1.82, 2.24) is 19.6 Å². The molecule has 3 heterocycles. The zero-order valence-electron chi connectivity index (χ0n) is 21.0. The Morgan fingerprint density at radius 2 is 1.89 bits per heavy atom. The Kier molecular flexibility index (Phi) is 7.14. The second-order valence-corrected chi connectivity index (χ2v) is 9.60. The van der Waals surface area contributed by atoms with Crippen molar-refractivity contribution in [2.75, 3.05) is 19.5 Å². The van der Waals surface area contributed by atoms with Crippen LogP contribution in [-0.2, 0) is 16.1 Å². The average Bonchev–Trinajstić information content (AvgIpc) is 3.26. The molecule has 8 nitrogen and oxygen atoms in total. The lowest BCUT2D eigenvalue weighted by Gasteiger charge is -2.38. The molecule has 1 aromatic carbocycles. The Balaban J connectivity index is 1.48. The van der Waals surface area contributed by atoms with Crippen molar-refractivity contribution in [1.29, 1.82) is 0 Å². The third-order valence-corrected chi connectivity index (χ3v) is 7.06. The maximum Gasteiger partial charge on any atom is 0.229 e. The van der Waals surface area contributed by atoms with Gasteiger partial charge < -0.3 is 20.5 Å². The number of benzene rings is 1. The number of pyridine rings is 1. The molecule has 1 aliphatic carbocycles. The molecular formula is C27H30F2N6O2. The van der Waals surface area contributed by atoms with Crippen LogP contribution in [0.2, 0.25) is 0 Å². The molecule has 0 aliphatic heterocycles. The summed E-state index contributed by atoms with van der Waals surface area (Å²) < 4.78 is 41.9. The van der Waals surface area contributed by atoms with Crippen molar-refractivity contribution in [3.8, 4) is 11.3 Å². The van der Waals surface area contributed by atoms with Crippen LogP contribution >= 0.6 is 0 Å². The number of ether oxygens (including phenoxy) is 2. The second-order valence-electron chi connectivity index (χ2n) is 9.60. The molecule has 1 fully saturated rings. The number of fused-ring (bicyclic) bond motifs is 1. The van der Waals surface area contributed by atoms with Crippen molar-refractivity contribution in [2.24, 2.45) is 11.7 Å². The second kappa shape index (κ2) is 10.5. The summed E-state index contributed by atoms with van der Waals surface area (Å²) >= 11 is 0. The number of hydrogen-bond donors (Lipinski definition) is 2. The van der Waals surface area contributed by atoms with E-state index < -0.39 is 11.6 Å². The van der Waals surface area contributed by atoms with Crippen LogP contribution in [0.1, 0.15) is 36.8 Å². The molecule has 0 amide bonds. The highest BCUT2D eigenvalue weighted by molar-refractivity contribution is 5.66. The first-order valence-corrected chi connectivity index (χ1v) is 12.2. The van der Waals surface area contributed by atoms with E-state index in [-0.39, 0.29) is 35.9 Å². The van der Waals surface area contributed by atoms with Gasteiger partial charge in [-0.15, -0.1) is 0 Å². The van der Waals surface area contributed by atoms with Crippen LogP contribution in [0.4, 0.5) is 20.4 Å². The Bertz CT molecular complexity index is 1380. The van der Waals surface area contributed by atoms with E-state index in [0.29, 0.717) is 22.9 Å². The van der Waals surface area contributed by atoms with Crippen LogP contribution in [0.15, 0.2) is 48.9 Å². The van der Waals surface area contributed by atoms with Gasteiger partial charge in [-0.2, -0.15) is 9.61 Å². The lowest BCUT2D eigenvalue weighted by Crippen LogP contribution is -2.45. The summed E-state index contributed by atoms with van der Waals surface area (Å²) in [7, 11) is 3.18. The number of halogens is 2. The van der Waals surface area contributed by atoms with Crippen LogP contribution in [0.3, 0.4) is 0 Å². The largest absolute Gasteiger partial charge is 0.380 e. The van der Waals surface area contributed by atoms with Gasteiger partial charge in [-0.3, -0.25) is 4.98 Å². The van der Waals surface area contributed by atoms with Gasteiger partial charge in [0.1, 0.15) is 11.6 Å². The predicted molar refractivity (Wildman–Crippen MR) is 136 cm³/mol. The maximum absolute atomic E-state index is 14.9. The highest BCUT2D eigenvalue weighted by Crippen LogP contribution is 2.40. The zero-order chi connectivity index (χ0) is 26.1. The molecular weight excluding hydrogens is 478 g/mol. The summed E-state index contributed by atoms with van der Waals surface area (Å²) in [6.45, 7) is 2.27. The SMILES string of the molecule is COCc1cc(F)c(-c2ccc3cnc(Nc4cnccc4[C@H]4C[C@@H](N)[C@@H](OC)[C@@H](C)C4)n3n2)c(F)c1. The Hall–Kier alpha value is -3.47. The minimum absolute atomic E-state index is 0.0257. The molecule has 10 heteroatoms. The van der Waals surface area contributed by atoms with Gasteiger partial charge in [-0.05, 0) is 66.1 Å². The third-order valence-electron chi connectivity index (χ3n) is 7.06. The van der Waals surface area contributed by atoms with E-state index in [9.17, 15) is 8.78 Å². The molecule has 194 valence electrons. The van der Waals surface area contributed by atoms with E-state index >= 15 is 0 Å². The lowest BCUT2D eigenvalue weighted by molar-refractivity contribution is 0.00984. The zero-order valence-corrected chi connectivity index (χ0v) is 21.0. The van der Waals surface area contributed by atoms with Gasteiger partial charge in [-0.1, -0.05) is 6.92 Å². The number of nitrogens with zero attached hydrogens (tertiary/aromatic N) is 4. The van der Waals surface area contributed by atoms with Gasteiger partial charge in [0.05, 0.1) is 47.6 Å². The van der Waals surface area contributed by atoms with Gasteiger partial charge in [0, 0.05) is 26.5 Å². The van der Waals surface area contributed by atoms with Crippen molar-refractivity contribution < 1.29 is 18.3 Å². The van der Waals surface area contributed by atoms with E-state index in [1.54, 1.807) is 37.8 Å². The van der Waals surface area contributed by atoms with E-state index in [2.05, 4.69) is 27.3 Å². The van der Waals surface area contributed by atoms with Gasteiger partial charge in [0.15, 0.2) is 0 Å². The number of rotatable bonds is 7. The van der Waals surface area contributed by atoms with Gasteiger partial charge in [-0.25, -0.2) is 13.8 Å². The molecule has 0 saturated heterocycles. The molecule has 5 rings (SSSR count). The Labute approximate surface area is 213 Å². The number of aromatic nitrogens is 4. The van der Waals surface area contributed by atoms with Crippen molar-refractivity contribution in [3.05, 3.63) is 71.7 Å². The van der Waals surface area contributed by atoms with E-state index in [4.69, 9.17) is 15.2 Å². The quantitative estimate of drug-likeness (QED) is 0.369. The fourth-order valence-electron chi connectivity index (χ4n) is 5.43. The number of hydrogen-bond acceptors (Lipinski definition) is 7. The number of methoxy groups -OCH3 is 2. The van der Waals surface area contributed by atoms with Crippen molar-refractivity contribution >= 4 is 17.2 Å². The van der Waals surface area contributed by atoms with E-state index in [0.717, 1.165) is 24.1 Å². The normalized spacial score (nSPS) is 21.9. The molecule has 1 aliphatic rings. The molecule has 0 bridgehead atoms. The first kappa shape index (κ1) is 25.2. The van der Waals surface area contributed by atoms with Crippen LogP contribution in [-0.4, -0.2) is 45.9 Å². The molecule has 0 radical (unpaired) electrons. The van der Waals surface area contributed by atoms with E-state index in [1.807, 2.05) is 6.07 Å². The first-order valence-electron chi connectivity index (χ1n) is 12.2.